The van der Waals surface area contributed by atoms with Crippen LogP contribution in [0, 0.1) is 5.92 Å². The van der Waals surface area contributed by atoms with E-state index in [0.29, 0.717) is 31.2 Å². The number of amides is 2. The molecule has 1 saturated carbocycles. The van der Waals surface area contributed by atoms with Crippen LogP contribution in [0.5, 0.6) is 0 Å². The third kappa shape index (κ3) is 4.90. The average Bonchev–Trinajstić information content (AvgIpc) is 3.45. The number of aromatic nitrogens is 1. The maximum Gasteiger partial charge on any atom is 0.240 e. The van der Waals surface area contributed by atoms with Gasteiger partial charge in [0, 0.05) is 54.6 Å². The van der Waals surface area contributed by atoms with Gasteiger partial charge < -0.3 is 10.2 Å². The minimum absolute atomic E-state index is 0.0689. The number of thiazole rings is 1. The minimum atomic E-state index is -0.0689. The molecule has 0 atom stereocenters. The van der Waals surface area contributed by atoms with Crippen molar-refractivity contribution in [2.75, 3.05) is 38.0 Å². The molecule has 0 radical (unpaired) electrons. The maximum atomic E-state index is 12.3. The molecule has 2 fully saturated rings. The average molecular weight is 419 g/mol. The van der Waals surface area contributed by atoms with Crippen molar-refractivity contribution in [3.05, 3.63) is 45.9 Å². The van der Waals surface area contributed by atoms with Crippen LogP contribution in [-0.4, -0.2) is 59.3 Å². The third-order valence-electron chi connectivity index (χ3n) is 5.10. The number of hydrogen-bond donors (Lipinski definition) is 1. The molecule has 1 aromatic carbocycles. The van der Waals surface area contributed by atoms with E-state index in [4.69, 9.17) is 11.6 Å². The van der Waals surface area contributed by atoms with Crippen molar-refractivity contribution in [1.82, 2.24) is 14.8 Å². The largest absolute Gasteiger partial charge is 0.340 e. The summed E-state index contributed by atoms with van der Waals surface area (Å²) in [6.07, 6.45) is 4.55. The normalized spacial score (nSPS) is 17.5. The molecule has 1 saturated heterocycles. The van der Waals surface area contributed by atoms with Crippen LogP contribution in [-0.2, 0) is 16.0 Å². The summed E-state index contributed by atoms with van der Waals surface area (Å²) in [5, 5.41) is 4.23. The van der Waals surface area contributed by atoms with Crippen molar-refractivity contribution >= 4 is 39.9 Å². The fraction of sp³-hybridized carbons (Fsp3) is 0.450. The van der Waals surface area contributed by atoms with Crippen molar-refractivity contribution < 1.29 is 9.59 Å². The SMILES string of the molecule is O=C(CN1CCN(C(=O)C2CC2)CC1)Nc1ncc(Cc2ccccc2Cl)s1. The zero-order chi connectivity index (χ0) is 19.5. The van der Waals surface area contributed by atoms with Crippen LogP contribution in [0.3, 0.4) is 0 Å². The van der Waals surface area contributed by atoms with Crippen molar-refractivity contribution in [2.24, 2.45) is 5.92 Å². The second-order valence-corrected chi connectivity index (χ2v) is 8.85. The molecule has 8 heteroatoms. The molecule has 148 valence electrons. The summed E-state index contributed by atoms with van der Waals surface area (Å²) >= 11 is 7.68. The highest BCUT2D eigenvalue weighted by Gasteiger charge is 2.34. The summed E-state index contributed by atoms with van der Waals surface area (Å²) < 4.78 is 0. The number of nitrogens with one attached hydrogen (secondary N) is 1. The third-order valence-corrected chi connectivity index (χ3v) is 6.38. The lowest BCUT2D eigenvalue weighted by Crippen LogP contribution is -2.50. The van der Waals surface area contributed by atoms with E-state index in [-0.39, 0.29) is 17.7 Å². The van der Waals surface area contributed by atoms with E-state index in [1.165, 1.54) is 11.3 Å². The number of hydrogen-bond acceptors (Lipinski definition) is 5. The summed E-state index contributed by atoms with van der Waals surface area (Å²) in [5.74, 6) is 0.485. The Balaban J connectivity index is 1.24. The first kappa shape index (κ1) is 19.4. The summed E-state index contributed by atoms with van der Waals surface area (Å²) in [6, 6.07) is 7.74. The molecular formula is C20H23ClN4O2S. The molecule has 1 N–H and O–H groups in total. The van der Waals surface area contributed by atoms with Gasteiger partial charge in [0.2, 0.25) is 11.8 Å². The van der Waals surface area contributed by atoms with E-state index in [0.717, 1.165) is 41.4 Å². The Morgan fingerprint density at radius 2 is 1.93 bits per heavy atom. The molecule has 1 aliphatic heterocycles. The summed E-state index contributed by atoms with van der Waals surface area (Å²) in [6.45, 7) is 3.22. The van der Waals surface area contributed by atoms with Gasteiger partial charge in [0.25, 0.3) is 0 Å². The van der Waals surface area contributed by atoms with Crippen LogP contribution in [0.25, 0.3) is 0 Å². The van der Waals surface area contributed by atoms with E-state index in [9.17, 15) is 9.59 Å². The molecule has 2 aliphatic rings. The van der Waals surface area contributed by atoms with E-state index in [1.807, 2.05) is 29.2 Å². The minimum Gasteiger partial charge on any atom is -0.340 e. The molecular weight excluding hydrogens is 396 g/mol. The second kappa shape index (κ2) is 8.59. The van der Waals surface area contributed by atoms with Gasteiger partial charge in [-0.25, -0.2) is 4.98 Å². The molecule has 2 heterocycles. The van der Waals surface area contributed by atoms with Gasteiger partial charge in [0.15, 0.2) is 5.13 Å². The van der Waals surface area contributed by atoms with Gasteiger partial charge >= 0.3 is 0 Å². The number of carbonyl (C=O) groups excluding carboxylic acids is 2. The number of nitrogens with zero attached hydrogens (tertiary/aromatic N) is 3. The lowest BCUT2D eigenvalue weighted by molar-refractivity contribution is -0.134. The molecule has 2 aromatic rings. The quantitative estimate of drug-likeness (QED) is 0.783. The topological polar surface area (TPSA) is 65.5 Å². The maximum absolute atomic E-state index is 12.3. The fourth-order valence-corrected chi connectivity index (χ4v) is 4.41. The van der Waals surface area contributed by atoms with Gasteiger partial charge in [-0.15, -0.1) is 11.3 Å². The van der Waals surface area contributed by atoms with E-state index in [2.05, 4.69) is 15.2 Å². The van der Waals surface area contributed by atoms with Crippen molar-refractivity contribution in [2.45, 2.75) is 19.3 Å². The predicted octanol–water partition coefficient (Wildman–Crippen LogP) is 2.88. The number of rotatable bonds is 6. The van der Waals surface area contributed by atoms with Gasteiger partial charge in [-0.1, -0.05) is 29.8 Å². The van der Waals surface area contributed by atoms with E-state index >= 15 is 0 Å². The Morgan fingerprint density at radius 3 is 2.64 bits per heavy atom. The standard InChI is InChI=1S/C20H23ClN4O2S/c21-17-4-2-1-3-15(17)11-16-12-22-20(28-16)23-18(26)13-24-7-9-25(10-8-24)19(27)14-5-6-14/h1-4,12,14H,5-11,13H2,(H,22,23,26). The predicted molar refractivity (Wildman–Crippen MR) is 111 cm³/mol. The fourth-order valence-electron chi connectivity index (χ4n) is 3.35. The molecule has 4 rings (SSSR count). The molecule has 28 heavy (non-hydrogen) atoms. The van der Waals surface area contributed by atoms with Crippen LogP contribution in [0.2, 0.25) is 5.02 Å². The Bertz CT molecular complexity index is 859. The highest BCUT2D eigenvalue weighted by Crippen LogP contribution is 2.31. The number of anilines is 1. The van der Waals surface area contributed by atoms with Gasteiger partial charge in [-0.05, 0) is 24.5 Å². The Labute approximate surface area is 173 Å². The highest BCUT2D eigenvalue weighted by molar-refractivity contribution is 7.15. The molecule has 0 bridgehead atoms. The Morgan fingerprint density at radius 1 is 1.18 bits per heavy atom. The Hall–Kier alpha value is -1.96. The van der Waals surface area contributed by atoms with Crippen LogP contribution in [0.4, 0.5) is 5.13 Å². The molecule has 1 aromatic heterocycles. The molecule has 0 unspecified atom stereocenters. The van der Waals surface area contributed by atoms with Crippen LogP contribution in [0.15, 0.2) is 30.5 Å². The molecule has 1 aliphatic carbocycles. The van der Waals surface area contributed by atoms with Crippen LogP contribution in [0.1, 0.15) is 23.3 Å². The van der Waals surface area contributed by atoms with Crippen LogP contribution < -0.4 is 5.32 Å². The second-order valence-electron chi connectivity index (χ2n) is 7.32. The lowest BCUT2D eigenvalue weighted by Gasteiger charge is -2.34. The lowest BCUT2D eigenvalue weighted by atomic mass is 10.1. The Kier molecular flexibility index (Phi) is 5.94. The zero-order valence-electron chi connectivity index (χ0n) is 15.6. The van der Waals surface area contributed by atoms with Crippen LogP contribution >= 0.6 is 22.9 Å². The van der Waals surface area contributed by atoms with E-state index in [1.54, 1.807) is 6.20 Å². The van der Waals surface area contributed by atoms with Gasteiger partial charge in [-0.2, -0.15) is 0 Å². The number of carbonyl (C=O) groups is 2. The summed E-state index contributed by atoms with van der Waals surface area (Å²) in [4.78, 5) is 33.8. The summed E-state index contributed by atoms with van der Waals surface area (Å²) in [7, 11) is 0. The first-order valence-corrected chi connectivity index (χ1v) is 10.8. The number of halogens is 1. The van der Waals surface area contributed by atoms with Gasteiger partial charge in [0.1, 0.15) is 0 Å². The van der Waals surface area contributed by atoms with Crippen molar-refractivity contribution in [3.8, 4) is 0 Å². The van der Waals surface area contributed by atoms with Crippen molar-refractivity contribution in [3.63, 3.8) is 0 Å². The number of benzene rings is 1. The number of piperazine rings is 1. The van der Waals surface area contributed by atoms with Crippen molar-refractivity contribution in [1.29, 1.82) is 0 Å². The molecule has 0 spiro atoms. The van der Waals surface area contributed by atoms with E-state index < -0.39 is 0 Å². The van der Waals surface area contributed by atoms with Gasteiger partial charge in [0.05, 0.1) is 6.54 Å². The molecule has 6 nitrogen and oxygen atoms in total. The molecule has 2 amide bonds. The summed E-state index contributed by atoms with van der Waals surface area (Å²) in [5.41, 5.74) is 1.05. The van der Waals surface area contributed by atoms with Gasteiger partial charge in [-0.3, -0.25) is 14.5 Å². The highest BCUT2D eigenvalue weighted by atomic mass is 35.5. The smallest absolute Gasteiger partial charge is 0.240 e. The first-order valence-electron chi connectivity index (χ1n) is 9.57. The zero-order valence-corrected chi connectivity index (χ0v) is 17.1. The monoisotopic (exact) mass is 418 g/mol. The first-order chi connectivity index (χ1) is 13.6.